The molecule has 252 valence electrons. The van der Waals surface area contributed by atoms with Gasteiger partial charge in [-0.25, -0.2) is 42.2 Å². The number of ether oxygens (including phenoxy) is 1. The number of amides is 2. The maximum Gasteiger partial charge on any atom is 0.343 e. The van der Waals surface area contributed by atoms with Crippen LogP contribution < -0.4 is 26.8 Å². The molecule has 2 amide bonds. The molecule has 11 nitrogen and oxygen atoms in total. The lowest BCUT2D eigenvalue weighted by molar-refractivity contribution is -0.0690. The van der Waals surface area contributed by atoms with Gasteiger partial charge in [-0.05, 0) is 55.6 Å². The predicted octanol–water partition coefficient (Wildman–Crippen LogP) is 5.29. The monoisotopic (exact) mass is 690 g/mol. The Labute approximate surface area is 272 Å². The molecule has 1 atom stereocenters. The van der Waals surface area contributed by atoms with Gasteiger partial charge in [0.2, 0.25) is 5.88 Å². The van der Waals surface area contributed by atoms with Crippen LogP contribution in [-0.4, -0.2) is 59.0 Å². The minimum atomic E-state index is -3.44. The zero-order chi connectivity index (χ0) is 34.7. The van der Waals surface area contributed by atoms with Crippen LogP contribution in [0.4, 0.5) is 32.4 Å². The molecule has 0 spiro atoms. The number of carbonyl (C=O) groups is 1. The van der Waals surface area contributed by atoms with Crippen molar-refractivity contribution >= 4 is 33.3 Å². The second kappa shape index (κ2) is 14.3. The van der Waals surface area contributed by atoms with E-state index in [4.69, 9.17) is 0 Å². The number of anilines is 1. The summed E-state index contributed by atoms with van der Waals surface area (Å²) in [5.41, 5.74) is 1.32. The van der Waals surface area contributed by atoms with Crippen molar-refractivity contribution < 1.29 is 36.3 Å². The Kier molecular flexibility index (Phi) is 10.2. The highest BCUT2D eigenvalue weighted by Gasteiger charge is 2.26. The number of aromatic nitrogens is 3. The van der Waals surface area contributed by atoms with Gasteiger partial charge in [0.05, 0.1) is 30.9 Å². The summed E-state index contributed by atoms with van der Waals surface area (Å²) in [5, 5.41) is 2.65. The summed E-state index contributed by atoms with van der Waals surface area (Å²) in [6.07, 6.45) is -5.44. The van der Waals surface area contributed by atoms with Gasteiger partial charge in [0.1, 0.15) is 16.5 Å². The smallest absolute Gasteiger partial charge is 0.343 e. The number of rotatable bonds is 11. The number of benzene rings is 2. The first-order chi connectivity index (χ1) is 22.9. The molecule has 0 fully saturated rings. The van der Waals surface area contributed by atoms with Crippen molar-refractivity contribution in [3.63, 3.8) is 0 Å². The molecular formula is C31H27F5N6O5S. The number of nitrogens with one attached hydrogen (secondary N) is 2. The van der Waals surface area contributed by atoms with Crippen LogP contribution in [0.3, 0.4) is 0 Å². The molecule has 2 N–H and O–H groups in total. The summed E-state index contributed by atoms with van der Waals surface area (Å²) < 4.78 is 74.8. The number of urea groups is 1. The molecule has 0 radical (unpaired) electrons. The van der Waals surface area contributed by atoms with Crippen LogP contribution >= 0.6 is 11.3 Å². The zero-order valence-electron chi connectivity index (χ0n) is 25.5. The summed E-state index contributed by atoms with van der Waals surface area (Å²) in [4.78, 5) is 51.0. The topological polar surface area (TPSA) is 120 Å². The second-order valence-electron chi connectivity index (χ2n) is 10.5. The number of carbonyl (C=O) groups excluding carboxylic acids is 1. The zero-order valence-corrected chi connectivity index (χ0v) is 26.3. The van der Waals surface area contributed by atoms with Crippen molar-refractivity contribution in [2.45, 2.75) is 25.9 Å². The van der Waals surface area contributed by atoms with Crippen LogP contribution in [-0.2, 0) is 17.9 Å². The molecule has 0 bridgehead atoms. The van der Waals surface area contributed by atoms with Gasteiger partial charge in [0, 0.05) is 28.7 Å². The lowest BCUT2D eigenvalue weighted by Crippen LogP contribution is -2.39. The SMILES string of the molecule is CONC(=O)Nc1ccc(-c2sc3c(c2CN(C)C)c(=O)n(-c2ccc(OC(F)C(F)F)nc2)c(=O)n3Cc2c(F)cccc2F)cc1. The third kappa shape index (κ3) is 7.07. The van der Waals surface area contributed by atoms with Crippen LogP contribution in [0.2, 0.25) is 0 Å². The number of hydrogen-bond acceptors (Lipinski definition) is 8. The lowest BCUT2D eigenvalue weighted by atomic mass is 10.1. The quantitative estimate of drug-likeness (QED) is 0.143. The van der Waals surface area contributed by atoms with Gasteiger partial charge >= 0.3 is 18.1 Å². The highest BCUT2D eigenvalue weighted by molar-refractivity contribution is 7.22. The van der Waals surface area contributed by atoms with E-state index in [0.29, 0.717) is 21.7 Å². The van der Waals surface area contributed by atoms with E-state index in [9.17, 15) is 36.3 Å². The Morgan fingerprint density at radius 2 is 1.69 bits per heavy atom. The average Bonchev–Trinajstić information content (AvgIpc) is 3.40. The fourth-order valence-electron chi connectivity index (χ4n) is 4.87. The minimum absolute atomic E-state index is 0.0728. The summed E-state index contributed by atoms with van der Waals surface area (Å²) >= 11 is 1.06. The number of alkyl halides is 3. The second-order valence-corrected chi connectivity index (χ2v) is 11.5. The van der Waals surface area contributed by atoms with E-state index in [0.717, 1.165) is 50.9 Å². The Morgan fingerprint density at radius 3 is 2.27 bits per heavy atom. The lowest BCUT2D eigenvalue weighted by Gasteiger charge is -2.15. The minimum Gasteiger partial charge on any atom is -0.437 e. The van der Waals surface area contributed by atoms with Gasteiger partial charge in [0.25, 0.3) is 11.9 Å². The van der Waals surface area contributed by atoms with Gasteiger partial charge in [-0.2, -0.15) is 4.39 Å². The average molecular weight is 691 g/mol. The predicted molar refractivity (Wildman–Crippen MR) is 168 cm³/mol. The standard InChI is InChI=1S/C31H27F5N6O5S/c1-40(2)14-20-24-28(43)42(18-11-12-23(37-13-18)47-27(36)26(34)35)31(45)41(15-19-21(32)5-4-6-22(19)33)29(24)48-25(20)16-7-9-17(10-8-16)38-30(44)39-46-3/h4-13,26-27H,14-15H2,1-3H3,(H2,38,39,44). The summed E-state index contributed by atoms with van der Waals surface area (Å²) in [7, 11) is 4.80. The molecule has 3 aromatic heterocycles. The van der Waals surface area contributed by atoms with E-state index in [1.807, 2.05) is 0 Å². The number of hydroxylamine groups is 1. The van der Waals surface area contributed by atoms with Gasteiger partial charge in [-0.1, -0.05) is 18.2 Å². The van der Waals surface area contributed by atoms with Crippen LogP contribution in [0.25, 0.3) is 26.3 Å². The Balaban J connectivity index is 1.74. The number of fused-ring (bicyclic) bond motifs is 1. The Hall–Kier alpha value is -5.13. The third-order valence-corrected chi connectivity index (χ3v) is 8.24. The molecule has 0 aliphatic carbocycles. The maximum atomic E-state index is 14.9. The van der Waals surface area contributed by atoms with Crippen molar-refractivity contribution in [2.24, 2.45) is 0 Å². The van der Waals surface area contributed by atoms with E-state index in [-0.39, 0.29) is 22.4 Å². The van der Waals surface area contributed by atoms with Crippen molar-refractivity contribution in [1.82, 2.24) is 24.5 Å². The number of nitrogens with zero attached hydrogens (tertiary/aromatic N) is 4. The molecule has 0 aliphatic heterocycles. The van der Waals surface area contributed by atoms with Crippen LogP contribution in [0, 0.1) is 11.6 Å². The van der Waals surface area contributed by atoms with Gasteiger partial charge in [-0.15, -0.1) is 11.3 Å². The molecule has 0 saturated heterocycles. The van der Waals surface area contributed by atoms with E-state index < -0.39 is 59.7 Å². The summed E-state index contributed by atoms with van der Waals surface area (Å²) in [5.74, 6) is -2.36. The van der Waals surface area contributed by atoms with Crippen LogP contribution in [0.5, 0.6) is 5.88 Å². The molecule has 2 aromatic carbocycles. The molecule has 5 rings (SSSR count). The molecule has 0 saturated carbocycles. The van der Waals surface area contributed by atoms with Crippen LogP contribution in [0.1, 0.15) is 11.1 Å². The molecule has 48 heavy (non-hydrogen) atoms. The first kappa shape index (κ1) is 34.2. The van der Waals surface area contributed by atoms with E-state index in [2.05, 4.69) is 25.4 Å². The van der Waals surface area contributed by atoms with Crippen molar-refractivity contribution in [2.75, 3.05) is 26.5 Å². The summed E-state index contributed by atoms with van der Waals surface area (Å²) in [6, 6.07) is 11.4. The van der Waals surface area contributed by atoms with Crippen molar-refractivity contribution in [1.29, 1.82) is 0 Å². The van der Waals surface area contributed by atoms with Crippen LogP contribution in [0.15, 0.2) is 70.4 Å². The molecule has 3 heterocycles. The van der Waals surface area contributed by atoms with E-state index >= 15 is 0 Å². The Bertz CT molecular complexity index is 2050. The number of hydrogen-bond donors (Lipinski definition) is 2. The molecule has 17 heteroatoms. The van der Waals surface area contributed by atoms with E-state index in [1.54, 1.807) is 43.3 Å². The van der Waals surface area contributed by atoms with Gasteiger partial charge in [-0.3, -0.25) is 14.2 Å². The highest BCUT2D eigenvalue weighted by Crippen LogP contribution is 2.38. The number of pyridine rings is 1. The van der Waals surface area contributed by atoms with Crippen molar-refractivity contribution in [3.05, 3.63) is 104 Å². The molecular weight excluding hydrogens is 663 g/mol. The first-order valence-electron chi connectivity index (χ1n) is 14.0. The fraction of sp³-hybridized carbons (Fsp3) is 0.226. The molecule has 1 unspecified atom stereocenters. The molecule has 0 aliphatic rings. The Morgan fingerprint density at radius 1 is 1.00 bits per heavy atom. The fourth-order valence-corrected chi connectivity index (χ4v) is 6.18. The first-order valence-corrected chi connectivity index (χ1v) is 14.9. The van der Waals surface area contributed by atoms with E-state index in [1.165, 1.54) is 13.2 Å². The highest BCUT2D eigenvalue weighted by atomic mass is 32.1. The third-order valence-electron chi connectivity index (χ3n) is 6.94. The number of halogens is 5. The van der Waals surface area contributed by atoms with Crippen molar-refractivity contribution in [3.8, 4) is 22.0 Å². The molecule has 5 aromatic rings. The van der Waals surface area contributed by atoms with Gasteiger partial charge < -0.3 is 15.0 Å². The number of thiophene rings is 1. The normalized spacial score (nSPS) is 12.1. The summed E-state index contributed by atoms with van der Waals surface area (Å²) in [6.45, 7) is -0.400. The van der Waals surface area contributed by atoms with Gasteiger partial charge in [0.15, 0.2) is 0 Å². The maximum absolute atomic E-state index is 14.9. The largest absolute Gasteiger partial charge is 0.437 e.